The topological polar surface area (TPSA) is 92.7 Å². The Morgan fingerprint density at radius 2 is 2.27 bits per heavy atom. The number of hydrogen-bond acceptors (Lipinski definition) is 4. The molecule has 0 radical (unpaired) electrons. The molecule has 1 atom stereocenters. The number of carboxylic acids is 1. The lowest BCUT2D eigenvalue weighted by Gasteiger charge is -2.22. The van der Waals surface area contributed by atoms with E-state index < -0.39 is 27.3 Å². The molecule has 0 aliphatic carbocycles. The molecule has 1 heterocycles. The van der Waals surface area contributed by atoms with Crippen LogP contribution in [0.3, 0.4) is 0 Å². The van der Waals surface area contributed by atoms with Gasteiger partial charge in [-0.25, -0.2) is 13.1 Å². The summed E-state index contributed by atoms with van der Waals surface area (Å²) in [6.07, 6.45) is 0.228. The van der Waals surface area contributed by atoms with Gasteiger partial charge in [0, 0.05) is 6.61 Å². The Hall–Kier alpha value is -0.660. The van der Waals surface area contributed by atoms with Gasteiger partial charge in [-0.15, -0.1) is 0 Å². The van der Waals surface area contributed by atoms with Crippen LogP contribution in [0, 0.1) is 0 Å². The molecule has 1 fully saturated rings. The van der Waals surface area contributed by atoms with Crippen LogP contribution >= 0.6 is 0 Å². The smallest absolute Gasteiger partial charge is 0.304 e. The zero-order chi connectivity index (χ0) is 11.5. The molecule has 0 aromatic rings. The molecule has 7 heteroatoms. The van der Waals surface area contributed by atoms with Crippen LogP contribution in [0.1, 0.15) is 19.8 Å². The van der Waals surface area contributed by atoms with Crippen molar-refractivity contribution in [1.82, 2.24) is 4.72 Å². The van der Waals surface area contributed by atoms with E-state index in [1.54, 1.807) is 6.92 Å². The van der Waals surface area contributed by atoms with Crippen molar-refractivity contribution in [3.05, 3.63) is 0 Å². The van der Waals surface area contributed by atoms with Crippen LogP contribution in [-0.2, 0) is 19.6 Å². The van der Waals surface area contributed by atoms with E-state index in [0.29, 0.717) is 19.6 Å². The molecule has 0 amide bonds. The summed E-state index contributed by atoms with van der Waals surface area (Å²) in [7, 11) is -3.53. The van der Waals surface area contributed by atoms with Crippen molar-refractivity contribution in [2.24, 2.45) is 0 Å². The first-order valence-electron chi connectivity index (χ1n) is 4.64. The van der Waals surface area contributed by atoms with Gasteiger partial charge in [-0.05, 0) is 13.3 Å². The maximum absolute atomic E-state index is 11.5. The quantitative estimate of drug-likeness (QED) is 0.676. The molecule has 0 bridgehead atoms. The van der Waals surface area contributed by atoms with E-state index in [9.17, 15) is 13.2 Å². The van der Waals surface area contributed by atoms with Crippen molar-refractivity contribution in [2.75, 3.05) is 19.0 Å². The van der Waals surface area contributed by atoms with Crippen LogP contribution in [0.2, 0.25) is 0 Å². The maximum Gasteiger partial charge on any atom is 0.304 e. The Labute approximate surface area is 88.7 Å². The Bertz CT molecular complexity index is 331. The van der Waals surface area contributed by atoms with Crippen molar-refractivity contribution in [3.8, 4) is 0 Å². The van der Waals surface area contributed by atoms with Crippen LogP contribution in [0.5, 0.6) is 0 Å². The second kappa shape index (κ2) is 4.46. The lowest BCUT2D eigenvalue weighted by atomic mass is 10.0. The standard InChI is InChI=1S/C8H15NO5S/c1-8(3-4-14-6-8)9-15(12,13)5-2-7(10)11/h9H,2-6H2,1H3,(H,10,11). The van der Waals surface area contributed by atoms with Gasteiger partial charge in [-0.3, -0.25) is 4.79 Å². The van der Waals surface area contributed by atoms with Crippen LogP contribution < -0.4 is 4.72 Å². The molecule has 6 nitrogen and oxygen atoms in total. The molecule has 0 spiro atoms. The number of carboxylic acid groups (broad SMARTS) is 1. The van der Waals surface area contributed by atoms with Crippen molar-refractivity contribution in [1.29, 1.82) is 0 Å². The number of carbonyl (C=O) groups is 1. The van der Waals surface area contributed by atoms with Gasteiger partial charge in [0.15, 0.2) is 0 Å². The fourth-order valence-corrected chi connectivity index (χ4v) is 2.85. The molecule has 1 aliphatic heterocycles. The second-order valence-electron chi connectivity index (χ2n) is 3.93. The predicted octanol–water partition coefficient (Wildman–Crippen LogP) is -0.440. The summed E-state index contributed by atoms with van der Waals surface area (Å²) in [6, 6.07) is 0. The van der Waals surface area contributed by atoms with Gasteiger partial charge in [0.1, 0.15) is 0 Å². The molecule has 1 unspecified atom stereocenters. The van der Waals surface area contributed by atoms with Crippen molar-refractivity contribution in [2.45, 2.75) is 25.3 Å². The molecule has 0 aromatic carbocycles. The van der Waals surface area contributed by atoms with Gasteiger partial charge < -0.3 is 9.84 Å². The molecule has 88 valence electrons. The molecule has 2 N–H and O–H groups in total. The number of aliphatic carboxylic acids is 1. The summed E-state index contributed by atoms with van der Waals surface area (Å²) in [5.74, 6) is -1.51. The minimum absolute atomic E-state index is 0.333. The van der Waals surface area contributed by atoms with Crippen LogP contribution in [-0.4, -0.2) is 44.0 Å². The second-order valence-corrected chi connectivity index (χ2v) is 5.77. The number of hydrogen-bond donors (Lipinski definition) is 2. The van der Waals surface area contributed by atoms with Gasteiger partial charge in [0.05, 0.1) is 24.3 Å². The van der Waals surface area contributed by atoms with Crippen LogP contribution in [0.4, 0.5) is 0 Å². The van der Waals surface area contributed by atoms with E-state index in [1.165, 1.54) is 0 Å². The maximum atomic E-state index is 11.5. The number of nitrogens with one attached hydrogen (secondary N) is 1. The Balaban J connectivity index is 2.52. The summed E-state index contributed by atoms with van der Waals surface area (Å²) in [4.78, 5) is 10.2. The first-order valence-corrected chi connectivity index (χ1v) is 6.29. The average molecular weight is 237 g/mol. The lowest BCUT2D eigenvalue weighted by molar-refractivity contribution is -0.136. The van der Waals surface area contributed by atoms with Gasteiger partial charge in [0.2, 0.25) is 10.0 Å². The van der Waals surface area contributed by atoms with Gasteiger partial charge >= 0.3 is 5.97 Å². The van der Waals surface area contributed by atoms with Gasteiger partial charge in [-0.1, -0.05) is 0 Å². The van der Waals surface area contributed by atoms with Crippen molar-refractivity contribution >= 4 is 16.0 Å². The van der Waals surface area contributed by atoms with Gasteiger partial charge in [0.25, 0.3) is 0 Å². The summed E-state index contributed by atoms with van der Waals surface area (Å²) in [5, 5.41) is 8.38. The molecular formula is C8H15NO5S. The molecule has 1 rings (SSSR count). The first-order chi connectivity index (χ1) is 6.83. The highest BCUT2D eigenvalue weighted by Gasteiger charge is 2.33. The zero-order valence-electron chi connectivity index (χ0n) is 8.52. The Morgan fingerprint density at radius 1 is 1.60 bits per heavy atom. The monoisotopic (exact) mass is 237 g/mol. The van der Waals surface area contributed by atoms with Crippen LogP contribution in [0.25, 0.3) is 0 Å². The SMILES string of the molecule is CC1(NS(=O)(=O)CCC(=O)O)CCOC1. The van der Waals surface area contributed by atoms with E-state index in [1.807, 2.05) is 0 Å². The normalized spacial score (nSPS) is 26.7. The van der Waals surface area contributed by atoms with E-state index in [4.69, 9.17) is 9.84 Å². The third kappa shape index (κ3) is 4.15. The Kier molecular flexibility index (Phi) is 3.69. The van der Waals surface area contributed by atoms with E-state index in [2.05, 4.69) is 4.72 Å². The largest absolute Gasteiger partial charge is 0.481 e. The summed E-state index contributed by atoms with van der Waals surface area (Å²) >= 11 is 0. The third-order valence-corrected chi connectivity index (χ3v) is 3.75. The molecule has 0 aromatic heterocycles. The Morgan fingerprint density at radius 3 is 2.73 bits per heavy atom. The van der Waals surface area contributed by atoms with Crippen LogP contribution in [0.15, 0.2) is 0 Å². The minimum Gasteiger partial charge on any atom is -0.481 e. The first kappa shape index (κ1) is 12.4. The zero-order valence-corrected chi connectivity index (χ0v) is 9.34. The highest BCUT2D eigenvalue weighted by atomic mass is 32.2. The summed E-state index contributed by atoms with van der Waals surface area (Å²) in [6.45, 7) is 2.61. The van der Waals surface area contributed by atoms with Gasteiger partial charge in [-0.2, -0.15) is 0 Å². The van der Waals surface area contributed by atoms with E-state index >= 15 is 0 Å². The third-order valence-electron chi connectivity index (χ3n) is 2.21. The summed E-state index contributed by atoms with van der Waals surface area (Å²) < 4.78 is 30.5. The average Bonchev–Trinajstić information content (AvgIpc) is 2.47. The van der Waals surface area contributed by atoms with Crippen molar-refractivity contribution < 1.29 is 23.1 Å². The molecule has 1 saturated heterocycles. The van der Waals surface area contributed by atoms with Crippen molar-refractivity contribution in [3.63, 3.8) is 0 Å². The molecule has 0 saturated carbocycles. The fraction of sp³-hybridized carbons (Fsp3) is 0.875. The summed E-state index contributed by atoms with van der Waals surface area (Å²) in [5.41, 5.74) is -0.586. The number of rotatable bonds is 5. The predicted molar refractivity (Wildman–Crippen MR) is 53.0 cm³/mol. The molecular weight excluding hydrogens is 222 g/mol. The van der Waals surface area contributed by atoms with E-state index in [0.717, 1.165) is 0 Å². The molecule has 1 aliphatic rings. The highest BCUT2D eigenvalue weighted by Crippen LogP contribution is 2.18. The highest BCUT2D eigenvalue weighted by molar-refractivity contribution is 7.89. The lowest BCUT2D eigenvalue weighted by Crippen LogP contribution is -2.47. The minimum atomic E-state index is -3.53. The van der Waals surface area contributed by atoms with E-state index in [-0.39, 0.29) is 6.42 Å². The number of sulfonamides is 1. The fourth-order valence-electron chi connectivity index (χ4n) is 1.40. The number of ether oxygens (including phenoxy) is 1. The molecule has 15 heavy (non-hydrogen) atoms.